The number of piperidine rings is 1. The van der Waals surface area contributed by atoms with E-state index in [1.54, 1.807) is 30.6 Å². The van der Waals surface area contributed by atoms with Crippen molar-refractivity contribution < 1.29 is 14.5 Å². The number of fused-ring (bicyclic) bond motifs is 1. The van der Waals surface area contributed by atoms with E-state index in [0.29, 0.717) is 26.2 Å². The predicted molar refractivity (Wildman–Crippen MR) is 160 cm³/mol. The van der Waals surface area contributed by atoms with E-state index in [-0.39, 0.29) is 17.9 Å². The zero-order chi connectivity index (χ0) is 29.3. The van der Waals surface area contributed by atoms with E-state index in [9.17, 15) is 19.7 Å². The van der Waals surface area contributed by atoms with Crippen LogP contribution in [0.3, 0.4) is 0 Å². The largest absolute Gasteiger partial charge is 0.463 e. The molecule has 2 aliphatic rings. The van der Waals surface area contributed by atoms with Crippen molar-refractivity contribution in [1.29, 1.82) is 0 Å². The molecule has 0 saturated carbocycles. The number of carbonyl (C=O) groups excluding carboxylic acids is 1. The fourth-order valence-corrected chi connectivity index (χ4v) is 6.43. The van der Waals surface area contributed by atoms with E-state index in [2.05, 4.69) is 9.89 Å². The third-order valence-electron chi connectivity index (χ3n) is 7.45. The average molecular weight is 576 g/mol. The highest BCUT2D eigenvalue weighted by atomic mass is 32.1. The van der Waals surface area contributed by atoms with Crippen molar-refractivity contribution in [1.82, 2.24) is 4.57 Å². The van der Waals surface area contributed by atoms with Crippen molar-refractivity contribution in [2.75, 3.05) is 43.6 Å². The van der Waals surface area contributed by atoms with Gasteiger partial charge in [0.05, 0.1) is 33.4 Å². The minimum absolute atomic E-state index is 0.0379. The highest BCUT2D eigenvalue weighted by molar-refractivity contribution is 7.07. The lowest BCUT2D eigenvalue weighted by atomic mass is 9.95. The highest BCUT2D eigenvalue weighted by Gasteiger charge is 2.33. The van der Waals surface area contributed by atoms with Crippen molar-refractivity contribution in [2.24, 2.45) is 4.99 Å². The topological polar surface area (TPSA) is 110 Å². The van der Waals surface area contributed by atoms with Crippen LogP contribution < -0.4 is 24.7 Å². The molecule has 1 fully saturated rings. The first kappa shape index (κ1) is 28.3. The third-order valence-corrected chi connectivity index (χ3v) is 8.43. The molecule has 0 N–H and O–H groups in total. The molecule has 214 valence electrons. The number of nitrogens with zero attached hydrogens (tertiary/aromatic N) is 5. The molecule has 0 unspecified atom stereocenters. The van der Waals surface area contributed by atoms with Gasteiger partial charge in [-0.1, -0.05) is 23.5 Å². The Labute approximate surface area is 241 Å². The summed E-state index contributed by atoms with van der Waals surface area (Å²) in [6.07, 6.45) is 4.95. The monoisotopic (exact) mass is 575 g/mol. The molecule has 3 aromatic rings. The smallest absolute Gasteiger partial charge is 0.338 e. The summed E-state index contributed by atoms with van der Waals surface area (Å²) >= 11 is 1.21. The van der Waals surface area contributed by atoms with Gasteiger partial charge < -0.3 is 14.5 Å². The van der Waals surface area contributed by atoms with Crippen LogP contribution in [0, 0.1) is 10.1 Å². The molecule has 1 atom stereocenters. The van der Waals surface area contributed by atoms with Gasteiger partial charge in [-0.15, -0.1) is 0 Å². The van der Waals surface area contributed by atoms with Crippen LogP contribution >= 0.6 is 11.3 Å². The van der Waals surface area contributed by atoms with Crippen LogP contribution in [0.25, 0.3) is 6.08 Å². The molecule has 5 rings (SSSR count). The normalized spacial score (nSPS) is 17.2. The van der Waals surface area contributed by atoms with Gasteiger partial charge in [-0.3, -0.25) is 19.5 Å². The summed E-state index contributed by atoms with van der Waals surface area (Å²) in [6.45, 7) is 5.39. The summed E-state index contributed by atoms with van der Waals surface area (Å²) < 4.78 is 7.31. The number of anilines is 2. The van der Waals surface area contributed by atoms with Crippen LogP contribution in [-0.2, 0) is 9.53 Å². The SMILES string of the molecule is CCOC(=O)C1=C(C)N=c2sc(=Cc3cc([N+](=O)[O-])ccc3N3CCCCC3)c(=O)n2[C@@H]1c1ccc(N(C)C)cc1. The number of non-ortho nitro benzene ring substituents is 1. The number of rotatable bonds is 7. The molecular weight excluding hydrogens is 542 g/mol. The summed E-state index contributed by atoms with van der Waals surface area (Å²) in [7, 11) is 3.89. The molecular formula is C30H33N5O5S. The van der Waals surface area contributed by atoms with Crippen LogP contribution in [-0.4, -0.2) is 49.3 Å². The molecule has 1 saturated heterocycles. The average Bonchev–Trinajstić information content (AvgIpc) is 3.26. The Kier molecular flexibility index (Phi) is 8.07. The van der Waals surface area contributed by atoms with E-state index in [1.165, 1.54) is 23.5 Å². The minimum Gasteiger partial charge on any atom is -0.463 e. The first-order chi connectivity index (χ1) is 19.7. The summed E-state index contributed by atoms with van der Waals surface area (Å²) in [5.74, 6) is -0.518. The molecule has 0 spiro atoms. The Balaban J connectivity index is 1.70. The van der Waals surface area contributed by atoms with Crippen molar-refractivity contribution >= 4 is 40.4 Å². The Hall–Kier alpha value is -4.25. The van der Waals surface area contributed by atoms with E-state index < -0.39 is 16.9 Å². The maximum Gasteiger partial charge on any atom is 0.338 e. The quantitative estimate of drug-likeness (QED) is 0.240. The van der Waals surface area contributed by atoms with Gasteiger partial charge in [0.1, 0.15) is 0 Å². The molecule has 11 heteroatoms. The molecule has 0 aliphatic carbocycles. The molecule has 10 nitrogen and oxygen atoms in total. The van der Waals surface area contributed by atoms with Crippen LogP contribution in [0.4, 0.5) is 17.1 Å². The van der Waals surface area contributed by atoms with Gasteiger partial charge in [0.2, 0.25) is 0 Å². The molecule has 0 amide bonds. The van der Waals surface area contributed by atoms with Gasteiger partial charge in [0, 0.05) is 56.3 Å². The van der Waals surface area contributed by atoms with E-state index in [4.69, 9.17) is 4.74 Å². The maximum atomic E-state index is 14.1. The lowest BCUT2D eigenvalue weighted by Gasteiger charge is -2.30. The van der Waals surface area contributed by atoms with Crippen LogP contribution in [0.5, 0.6) is 0 Å². The number of benzene rings is 2. The first-order valence-electron chi connectivity index (χ1n) is 13.7. The van der Waals surface area contributed by atoms with Crippen molar-refractivity contribution in [3.05, 3.63) is 94.7 Å². The third kappa shape index (κ3) is 5.54. The van der Waals surface area contributed by atoms with Crippen molar-refractivity contribution in [3.8, 4) is 0 Å². The molecule has 41 heavy (non-hydrogen) atoms. The highest BCUT2D eigenvalue weighted by Crippen LogP contribution is 2.32. The number of carbonyl (C=O) groups is 1. The van der Waals surface area contributed by atoms with Gasteiger partial charge in [0.25, 0.3) is 11.2 Å². The van der Waals surface area contributed by atoms with Gasteiger partial charge in [0.15, 0.2) is 4.80 Å². The van der Waals surface area contributed by atoms with Gasteiger partial charge in [-0.2, -0.15) is 0 Å². The standard InChI is InChI=1S/C30H33N5O5S/c1-5-40-29(37)26-19(2)31-30-34(27(26)20-9-11-22(12-10-20)32(3)4)28(36)25(41-30)18-21-17-23(35(38)39)13-14-24(21)33-15-7-6-8-16-33/h9-14,17-18,27H,5-8,15-16H2,1-4H3/t27-/m1/s1. The number of aromatic nitrogens is 1. The second-order valence-electron chi connectivity index (χ2n) is 10.3. The predicted octanol–water partition coefficient (Wildman–Crippen LogP) is 3.76. The Morgan fingerprint density at radius 3 is 2.51 bits per heavy atom. The number of ether oxygens (including phenoxy) is 1. The molecule has 2 aliphatic heterocycles. The zero-order valence-electron chi connectivity index (χ0n) is 23.6. The second kappa shape index (κ2) is 11.7. The lowest BCUT2D eigenvalue weighted by Crippen LogP contribution is -2.40. The van der Waals surface area contributed by atoms with Crippen LogP contribution in [0.15, 0.2) is 63.5 Å². The Bertz CT molecular complexity index is 1700. The zero-order valence-corrected chi connectivity index (χ0v) is 24.4. The lowest BCUT2D eigenvalue weighted by molar-refractivity contribution is -0.384. The first-order valence-corrected chi connectivity index (χ1v) is 14.5. The summed E-state index contributed by atoms with van der Waals surface area (Å²) in [5, 5.41) is 11.6. The molecule has 3 heterocycles. The van der Waals surface area contributed by atoms with Crippen molar-refractivity contribution in [3.63, 3.8) is 0 Å². The molecule has 0 radical (unpaired) electrons. The van der Waals surface area contributed by atoms with E-state index in [0.717, 1.165) is 49.3 Å². The summed E-state index contributed by atoms with van der Waals surface area (Å²) in [6, 6.07) is 11.8. The van der Waals surface area contributed by atoms with Crippen LogP contribution in [0.1, 0.15) is 50.3 Å². The van der Waals surface area contributed by atoms with Crippen LogP contribution in [0.2, 0.25) is 0 Å². The number of thiazole rings is 1. The van der Waals surface area contributed by atoms with Gasteiger partial charge in [-0.05, 0) is 62.9 Å². The minimum atomic E-state index is -0.727. The van der Waals surface area contributed by atoms with Crippen molar-refractivity contribution in [2.45, 2.75) is 39.2 Å². The van der Waals surface area contributed by atoms with E-state index >= 15 is 0 Å². The summed E-state index contributed by atoms with van der Waals surface area (Å²) in [5.41, 5.74) is 3.65. The number of hydrogen-bond acceptors (Lipinski definition) is 9. The fourth-order valence-electron chi connectivity index (χ4n) is 5.40. The Morgan fingerprint density at radius 1 is 1.17 bits per heavy atom. The Morgan fingerprint density at radius 2 is 1.88 bits per heavy atom. The molecule has 1 aromatic heterocycles. The van der Waals surface area contributed by atoms with Gasteiger partial charge >= 0.3 is 5.97 Å². The fraction of sp³-hybridized carbons (Fsp3) is 0.367. The maximum absolute atomic E-state index is 14.1. The number of allylic oxidation sites excluding steroid dienone is 1. The number of nitro groups is 1. The second-order valence-corrected chi connectivity index (χ2v) is 11.3. The number of hydrogen-bond donors (Lipinski definition) is 0. The number of nitro benzene ring substituents is 1. The van der Waals surface area contributed by atoms with E-state index in [1.807, 2.05) is 43.3 Å². The molecule has 0 bridgehead atoms. The van der Waals surface area contributed by atoms with Gasteiger partial charge in [-0.25, -0.2) is 9.79 Å². The number of esters is 1. The molecule has 2 aromatic carbocycles. The summed E-state index contributed by atoms with van der Waals surface area (Å²) in [4.78, 5) is 47.7.